The normalized spacial score (nSPS) is 9.10. The summed E-state index contributed by atoms with van der Waals surface area (Å²) in [6, 6.07) is 21.4. The summed E-state index contributed by atoms with van der Waals surface area (Å²) in [7, 11) is 0. The molecular formula is C18H16N2O. The van der Waals surface area contributed by atoms with Gasteiger partial charge in [-0.1, -0.05) is 42.5 Å². The Morgan fingerprint density at radius 3 is 2.43 bits per heavy atom. The van der Waals surface area contributed by atoms with Gasteiger partial charge in [0, 0.05) is 13.0 Å². The highest BCUT2D eigenvalue weighted by atomic mass is 16.5. The Morgan fingerprint density at radius 2 is 1.76 bits per heavy atom. The van der Waals surface area contributed by atoms with E-state index in [1.165, 1.54) is 13.0 Å². The largest absolute Gasteiger partial charge is 0.489 e. The molecule has 0 bridgehead atoms. The van der Waals surface area contributed by atoms with E-state index in [1.807, 2.05) is 60.7 Å². The van der Waals surface area contributed by atoms with Gasteiger partial charge >= 0.3 is 0 Å². The summed E-state index contributed by atoms with van der Waals surface area (Å²) in [5, 5.41) is 15.8. The van der Waals surface area contributed by atoms with E-state index in [9.17, 15) is 0 Å². The van der Waals surface area contributed by atoms with Crippen molar-refractivity contribution in [2.24, 2.45) is 0 Å². The maximum absolute atomic E-state index is 8.48. The summed E-state index contributed by atoms with van der Waals surface area (Å²) >= 11 is 0. The van der Waals surface area contributed by atoms with Crippen molar-refractivity contribution < 1.29 is 4.74 Å². The lowest BCUT2D eigenvalue weighted by Gasteiger charge is -2.06. The molecule has 0 fully saturated rings. The van der Waals surface area contributed by atoms with Crippen LogP contribution in [0.25, 0.3) is 6.08 Å². The van der Waals surface area contributed by atoms with Crippen LogP contribution in [0, 0.1) is 22.7 Å². The molecule has 2 aromatic carbocycles. The topological polar surface area (TPSA) is 56.8 Å². The molecule has 0 heterocycles. The Morgan fingerprint density at radius 1 is 1.05 bits per heavy atom. The molecule has 0 unspecified atom stereocenters. The zero-order valence-electron chi connectivity index (χ0n) is 11.9. The van der Waals surface area contributed by atoms with E-state index in [2.05, 4.69) is 0 Å². The van der Waals surface area contributed by atoms with Crippen LogP contribution in [0.15, 0.2) is 60.7 Å². The van der Waals surface area contributed by atoms with Crippen LogP contribution < -0.4 is 4.74 Å². The zero-order valence-corrected chi connectivity index (χ0v) is 11.9. The quantitative estimate of drug-likeness (QED) is 0.781. The van der Waals surface area contributed by atoms with Gasteiger partial charge in [-0.05, 0) is 29.3 Å². The minimum atomic E-state index is 0.548. The van der Waals surface area contributed by atoms with E-state index in [0.717, 1.165) is 16.9 Å². The van der Waals surface area contributed by atoms with Crippen molar-refractivity contribution in [2.75, 3.05) is 0 Å². The van der Waals surface area contributed by atoms with Gasteiger partial charge in [0.2, 0.25) is 0 Å². The molecule has 3 heteroatoms. The second kappa shape index (κ2) is 9.83. The van der Waals surface area contributed by atoms with Crippen molar-refractivity contribution in [1.82, 2.24) is 0 Å². The Kier molecular flexibility index (Phi) is 7.50. The third kappa shape index (κ3) is 6.61. The van der Waals surface area contributed by atoms with Gasteiger partial charge in [0.25, 0.3) is 0 Å². The standard InChI is InChI=1S/C16H13NO.C2H3N/c17-11-5-9-14-8-4-10-16(12-14)18-13-15-6-2-1-3-7-15;1-2-3/h1-10,12H,13H2;1H3/b9-5+;. The van der Waals surface area contributed by atoms with E-state index in [-0.39, 0.29) is 0 Å². The summed E-state index contributed by atoms with van der Waals surface area (Å²) < 4.78 is 5.70. The molecule has 0 radical (unpaired) electrons. The third-order valence-corrected chi connectivity index (χ3v) is 2.46. The predicted octanol–water partition coefficient (Wildman–Crippen LogP) is 4.33. The van der Waals surface area contributed by atoms with Crippen molar-refractivity contribution in [2.45, 2.75) is 13.5 Å². The first-order valence-corrected chi connectivity index (χ1v) is 6.44. The maximum Gasteiger partial charge on any atom is 0.120 e. The first-order chi connectivity index (χ1) is 10.3. The molecule has 104 valence electrons. The molecule has 0 aromatic heterocycles. The average molecular weight is 276 g/mol. The van der Waals surface area contributed by atoms with E-state index >= 15 is 0 Å². The molecule has 2 aromatic rings. The number of benzene rings is 2. The summed E-state index contributed by atoms with van der Waals surface area (Å²) in [6.07, 6.45) is 3.21. The molecule has 21 heavy (non-hydrogen) atoms. The lowest BCUT2D eigenvalue weighted by Crippen LogP contribution is -1.94. The van der Waals surface area contributed by atoms with Crippen LogP contribution >= 0.6 is 0 Å². The Labute approximate surface area is 125 Å². The van der Waals surface area contributed by atoms with Crippen molar-refractivity contribution in [1.29, 1.82) is 10.5 Å². The molecule has 0 aliphatic heterocycles. The van der Waals surface area contributed by atoms with Crippen LogP contribution in [0.5, 0.6) is 5.75 Å². The molecule has 0 N–H and O–H groups in total. The van der Waals surface area contributed by atoms with E-state index in [1.54, 1.807) is 12.1 Å². The minimum absolute atomic E-state index is 0.548. The Balaban J connectivity index is 0.000000677. The van der Waals surface area contributed by atoms with Gasteiger partial charge in [0.1, 0.15) is 12.4 Å². The summed E-state index contributed by atoms with van der Waals surface area (Å²) in [5.41, 5.74) is 2.09. The van der Waals surface area contributed by atoms with Crippen molar-refractivity contribution >= 4 is 6.08 Å². The summed E-state index contributed by atoms with van der Waals surface area (Å²) in [6.45, 7) is 1.98. The molecule has 0 aliphatic rings. The number of hydrogen-bond donors (Lipinski definition) is 0. The van der Waals surface area contributed by atoms with Gasteiger partial charge in [-0.25, -0.2) is 0 Å². The average Bonchev–Trinajstić information content (AvgIpc) is 2.53. The lowest BCUT2D eigenvalue weighted by atomic mass is 10.2. The van der Waals surface area contributed by atoms with Gasteiger partial charge in [-0.3, -0.25) is 0 Å². The van der Waals surface area contributed by atoms with Crippen molar-refractivity contribution in [3.63, 3.8) is 0 Å². The van der Waals surface area contributed by atoms with Crippen LogP contribution in [0.4, 0.5) is 0 Å². The van der Waals surface area contributed by atoms with Gasteiger partial charge in [-0.2, -0.15) is 10.5 Å². The Bertz CT molecular complexity index is 649. The van der Waals surface area contributed by atoms with Gasteiger partial charge in [0.05, 0.1) is 12.1 Å². The molecule has 0 saturated heterocycles. The highest BCUT2D eigenvalue weighted by Crippen LogP contribution is 2.16. The van der Waals surface area contributed by atoms with Crippen LogP contribution in [0.2, 0.25) is 0 Å². The fraction of sp³-hybridized carbons (Fsp3) is 0.111. The van der Waals surface area contributed by atoms with Crippen molar-refractivity contribution in [3.05, 3.63) is 71.8 Å². The Hall–Kier alpha value is -3.04. The summed E-state index contributed by atoms with van der Waals surface area (Å²) in [5.74, 6) is 0.805. The highest BCUT2D eigenvalue weighted by molar-refractivity contribution is 5.53. The number of rotatable bonds is 4. The monoisotopic (exact) mass is 276 g/mol. The second-order valence-electron chi connectivity index (χ2n) is 4.03. The molecule has 3 nitrogen and oxygen atoms in total. The first kappa shape index (κ1) is 16.0. The smallest absolute Gasteiger partial charge is 0.120 e. The van der Waals surface area contributed by atoms with Crippen molar-refractivity contribution in [3.8, 4) is 17.9 Å². The van der Waals surface area contributed by atoms with Crippen LogP contribution in [0.1, 0.15) is 18.1 Å². The third-order valence-electron chi connectivity index (χ3n) is 2.46. The summed E-state index contributed by atoms with van der Waals surface area (Å²) in [4.78, 5) is 0. The van der Waals surface area contributed by atoms with Crippen LogP contribution in [0.3, 0.4) is 0 Å². The molecule has 0 saturated carbocycles. The molecule has 0 spiro atoms. The maximum atomic E-state index is 8.48. The van der Waals surface area contributed by atoms with E-state index < -0.39 is 0 Å². The first-order valence-electron chi connectivity index (χ1n) is 6.44. The number of nitriles is 2. The molecule has 2 rings (SSSR count). The van der Waals surface area contributed by atoms with Gasteiger partial charge < -0.3 is 4.74 Å². The van der Waals surface area contributed by atoms with E-state index in [0.29, 0.717) is 6.61 Å². The van der Waals surface area contributed by atoms with Crippen LogP contribution in [-0.4, -0.2) is 0 Å². The fourth-order valence-corrected chi connectivity index (χ4v) is 1.58. The lowest BCUT2D eigenvalue weighted by molar-refractivity contribution is 0.306. The van der Waals surface area contributed by atoms with Crippen LogP contribution in [-0.2, 0) is 6.61 Å². The highest BCUT2D eigenvalue weighted by Gasteiger charge is 1.96. The minimum Gasteiger partial charge on any atom is -0.489 e. The number of nitrogens with zero attached hydrogens (tertiary/aromatic N) is 2. The second-order valence-corrected chi connectivity index (χ2v) is 4.03. The molecule has 0 amide bonds. The zero-order chi connectivity index (χ0) is 15.3. The van der Waals surface area contributed by atoms with Gasteiger partial charge in [-0.15, -0.1) is 0 Å². The SMILES string of the molecule is CC#N.N#C/C=C/c1cccc(OCc2ccccc2)c1. The predicted molar refractivity (Wildman–Crippen MR) is 83.2 cm³/mol. The van der Waals surface area contributed by atoms with E-state index in [4.69, 9.17) is 15.3 Å². The molecule has 0 atom stereocenters. The van der Waals surface area contributed by atoms with Gasteiger partial charge in [0.15, 0.2) is 0 Å². The molecule has 0 aliphatic carbocycles. The molecular weight excluding hydrogens is 260 g/mol. The number of ether oxygens (including phenoxy) is 1. The number of allylic oxidation sites excluding steroid dienone is 1. The fourth-order valence-electron chi connectivity index (χ4n) is 1.58. The number of hydrogen-bond acceptors (Lipinski definition) is 3.